The van der Waals surface area contributed by atoms with Crippen LogP contribution in [-0.2, 0) is 6.42 Å². The molecule has 0 saturated carbocycles. The second-order valence-electron chi connectivity index (χ2n) is 4.30. The maximum atomic E-state index is 10.5. The topological polar surface area (TPSA) is 108 Å². The first kappa shape index (κ1) is 14.4. The van der Waals surface area contributed by atoms with E-state index in [4.69, 9.17) is 0 Å². The number of non-ortho nitro benzene ring substituents is 1. The fraction of sp³-hybridized carbons (Fsp3) is 0.143. The van der Waals surface area contributed by atoms with Gasteiger partial charge >= 0.3 is 0 Å². The normalized spacial score (nSPS) is 10.9. The number of rotatable bonds is 4. The van der Waals surface area contributed by atoms with E-state index in [1.54, 1.807) is 6.07 Å². The summed E-state index contributed by atoms with van der Waals surface area (Å²) in [6.07, 6.45) is 0.589. The van der Waals surface area contributed by atoms with E-state index in [-0.39, 0.29) is 22.9 Å². The first-order valence-corrected chi connectivity index (χ1v) is 6.22. The number of hydrogen-bond acceptors (Lipinski definition) is 6. The molecule has 0 unspecified atom stereocenters. The Morgan fingerprint density at radius 2 is 1.76 bits per heavy atom. The van der Waals surface area contributed by atoms with Crippen LogP contribution in [0.2, 0.25) is 0 Å². The van der Waals surface area contributed by atoms with Crippen molar-refractivity contribution in [2.45, 2.75) is 13.3 Å². The maximum Gasteiger partial charge on any atom is 0.269 e. The summed E-state index contributed by atoms with van der Waals surface area (Å²) in [4.78, 5) is 10.0. The molecule has 0 amide bonds. The van der Waals surface area contributed by atoms with E-state index < -0.39 is 4.92 Å². The predicted octanol–water partition coefficient (Wildman–Crippen LogP) is 3.98. The first-order chi connectivity index (χ1) is 10.0. The molecule has 7 nitrogen and oxygen atoms in total. The Balaban J connectivity index is 2.26. The Morgan fingerprint density at radius 1 is 1.10 bits per heavy atom. The maximum absolute atomic E-state index is 10.5. The Kier molecular flexibility index (Phi) is 4.13. The van der Waals surface area contributed by atoms with Gasteiger partial charge in [0.05, 0.1) is 10.6 Å². The van der Waals surface area contributed by atoms with Crippen molar-refractivity contribution in [3.63, 3.8) is 0 Å². The van der Waals surface area contributed by atoms with Crippen molar-refractivity contribution in [3.05, 3.63) is 52.1 Å². The lowest BCUT2D eigenvalue weighted by Crippen LogP contribution is -1.85. The zero-order chi connectivity index (χ0) is 15.4. The molecule has 0 heterocycles. The molecule has 2 rings (SSSR count). The summed E-state index contributed by atoms with van der Waals surface area (Å²) in [7, 11) is 0. The Hall–Kier alpha value is -2.96. The molecule has 0 aromatic heterocycles. The van der Waals surface area contributed by atoms with Crippen LogP contribution in [0, 0.1) is 10.1 Å². The van der Waals surface area contributed by atoms with Gasteiger partial charge in [-0.2, -0.15) is 5.11 Å². The molecular formula is C14H13N3O4. The van der Waals surface area contributed by atoms with Gasteiger partial charge in [-0.3, -0.25) is 10.1 Å². The lowest BCUT2D eigenvalue weighted by molar-refractivity contribution is -0.384. The van der Waals surface area contributed by atoms with Crippen LogP contribution in [0.1, 0.15) is 12.5 Å². The third-order valence-electron chi connectivity index (χ3n) is 2.89. The summed E-state index contributed by atoms with van der Waals surface area (Å²) in [5, 5.41) is 37.6. The van der Waals surface area contributed by atoms with Gasteiger partial charge in [0.1, 0.15) is 17.2 Å². The Bertz CT molecular complexity index is 696. The number of phenols is 2. The molecule has 7 heteroatoms. The molecule has 0 bridgehead atoms. The summed E-state index contributed by atoms with van der Waals surface area (Å²) < 4.78 is 0. The minimum atomic E-state index is -0.500. The number of nitro groups is 1. The monoisotopic (exact) mass is 287 g/mol. The summed E-state index contributed by atoms with van der Waals surface area (Å²) in [6, 6.07) is 8.31. The largest absolute Gasteiger partial charge is 0.508 e. The Morgan fingerprint density at radius 3 is 2.33 bits per heavy atom. The van der Waals surface area contributed by atoms with E-state index in [9.17, 15) is 20.3 Å². The zero-order valence-electron chi connectivity index (χ0n) is 11.2. The summed E-state index contributed by atoms with van der Waals surface area (Å²) in [5.74, 6) is -0.181. The first-order valence-electron chi connectivity index (χ1n) is 6.22. The van der Waals surface area contributed by atoms with E-state index in [0.29, 0.717) is 17.7 Å². The van der Waals surface area contributed by atoms with Crippen LogP contribution < -0.4 is 0 Å². The van der Waals surface area contributed by atoms with Crippen molar-refractivity contribution in [2.24, 2.45) is 10.2 Å². The molecule has 0 radical (unpaired) electrons. The summed E-state index contributed by atoms with van der Waals surface area (Å²) >= 11 is 0. The molecule has 2 aromatic carbocycles. The van der Waals surface area contributed by atoms with Crippen LogP contribution in [0.3, 0.4) is 0 Å². The summed E-state index contributed by atoms with van der Waals surface area (Å²) in [5.41, 5.74) is 1.26. The molecule has 0 spiro atoms. The average molecular weight is 287 g/mol. The SMILES string of the molecule is CCc1cc(N=Nc2ccc([N+](=O)[O-])cc2)c(O)cc1O. The van der Waals surface area contributed by atoms with Gasteiger partial charge in [-0.25, -0.2) is 0 Å². The third-order valence-corrected chi connectivity index (χ3v) is 2.89. The van der Waals surface area contributed by atoms with Crippen molar-refractivity contribution in [1.82, 2.24) is 0 Å². The lowest BCUT2D eigenvalue weighted by atomic mass is 10.1. The van der Waals surface area contributed by atoms with Crippen LogP contribution in [0.25, 0.3) is 0 Å². The second kappa shape index (κ2) is 6.00. The fourth-order valence-corrected chi connectivity index (χ4v) is 1.72. The van der Waals surface area contributed by atoms with Crippen LogP contribution in [0.15, 0.2) is 46.6 Å². The van der Waals surface area contributed by atoms with Crippen LogP contribution >= 0.6 is 0 Å². The molecule has 0 saturated heterocycles. The van der Waals surface area contributed by atoms with E-state index in [0.717, 1.165) is 0 Å². The zero-order valence-corrected chi connectivity index (χ0v) is 11.2. The van der Waals surface area contributed by atoms with Crippen LogP contribution in [0.4, 0.5) is 17.1 Å². The quantitative estimate of drug-likeness (QED) is 0.503. The number of benzene rings is 2. The van der Waals surface area contributed by atoms with Gasteiger partial charge < -0.3 is 10.2 Å². The van der Waals surface area contributed by atoms with Gasteiger partial charge in [0, 0.05) is 18.2 Å². The van der Waals surface area contributed by atoms with Gasteiger partial charge in [-0.1, -0.05) is 6.92 Å². The van der Waals surface area contributed by atoms with Gasteiger partial charge in [0.15, 0.2) is 0 Å². The van der Waals surface area contributed by atoms with E-state index in [2.05, 4.69) is 10.2 Å². The predicted molar refractivity (Wildman–Crippen MR) is 76.4 cm³/mol. The summed E-state index contributed by atoms with van der Waals surface area (Å²) in [6.45, 7) is 1.86. The van der Waals surface area contributed by atoms with Crippen molar-refractivity contribution in [3.8, 4) is 11.5 Å². The van der Waals surface area contributed by atoms with Crippen molar-refractivity contribution >= 4 is 17.1 Å². The minimum Gasteiger partial charge on any atom is -0.508 e. The third kappa shape index (κ3) is 3.33. The van der Waals surface area contributed by atoms with Crippen molar-refractivity contribution < 1.29 is 15.1 Å². The molecule has 0 fully saturated rings. The number of nitro benzene ring substituents is 1. The number of azo groups is 1. The van der Waals surface area contributed by atoms with E-state index >= 15 is 0 Å². The van der Waals surface area contributed by atoms with Crippen LogP contribution in [0.5, 0.6) is 11.5 Å². The number of aromatic hydroxyl groups is 2. The number of phenolic OH excluding ortho intramolecular Hbond substituents is 2. The van der Waals surface area contributed by atoms with Crippen molar-refractivity contribution in [1.29, 1.82) is 0 Å². The molecule has 108 valence electrons. The molecule has 0 aliphatic heterocycles. The molecule has 0 atom stereocenters. The standard InChI is InChI=1S/C14H13N3O4/c1-2-9-7-12(14(19)8-13(9)18)16-15-10-3-5-11(6-4-10)17(20)21/h3-8,18-19H,2H2,1H3. The highest BCUT2D eigenvalue weighted by atomic mass is 16.6. The van der Waals surface area contributed by atoms with Gasteiger partial charge in [-0.05, 0) is 30.2 Å². The highest BCUT2D eigenvalue weighted by Gasteiger charge is 2.07. The smallest absolute Gasteiger partial charge is 0.269 e. The number of hydrogen-bond donors (Lipinski definition) is 2. The molecule has 0 aliphatic rings. The molecule has 2 aromatic rings. The van der Waals surface area contributed by atoms with Gasteiger partial charge in [0.2, 0.25) is 0 Å². The Labute approximate surface area is 120 Å². The van der Waals surface area contributed by atoms with Gasteiger partial charge in [-0.15, -0.1) is 5.11 Å². The van der Waals surface area contributed by atoms with Crippen LogP contribution in [-0.4, -0.2) is 15.1 Å². The molecule has 21 heavy (non-hydrogen) atoms. The molecule has 0 aliphatic carbocycles. The highest BCUT2D eigenvalue weighted by molar-refractivity contribution is 5.57. The average Bonchev–Trinajstić information content (AvgIpc) is 2.47. The highest BCUT2D eigenvalue weighted by Crippen LogP contribution is 2.34. The minimum absolute atomic E-state index is 0.00397. The number of aryl methyl sites for hydroxylation is 1. The van der Waals surface area contributed by atoms with Gasteiger partial charge in [0.25, 0.3) is 5.69 Å². The number of nitrogens with zero attached hydrogens (tertiary/aromatic N) is 3. The lowest BCUT2D eigenvalue weighted by Gasteiger charge is -2.04. The fourth-order valence-electron chi connectivity index (χ4n) is 1.72. The molecule has 2 N–H and O–H groups in total. The van der Waals surface area contributed by atoms with E-state index in [1.807, 2.05) is 6.92 Å². The van der Waals surface area contributed by atoms with Crippen molar-refractivity contribution in [2.75, 3.05) is 0 Å². The second-order valence-corrected chi connectivity index (χ2v) is 4.30. The molecular weight excluding hydrogens is 274 g/mol. The van der Waals surface area contributed by atoms with E-state index in [1.165, 1.54) is 30.3 Å².